The molecule has 0 unspecified atom stereocenters. The Balaban J connectivity index is 0. The Kier molecular flexibility index (Phi) is 21.0. The second kappa shape index (κ2) is 17.3. The monoisotopic (exact) mass is 168 g/mol. The molecule has 70 valence electrons. The highest BCUT2D eigenvalue weighted by Gasteiger charge is 1.83. The quantitative estimate of drug-likeness (QED) is 0.437. The van der Waals surface area contributed by atoms with E-state index in [0.29, 0.717) is 0 Å². The third-order valence-electron chi connectivity index (χ3n) is 1.31. The van der Waals surface area contributed by atoms with Crippen molar-refractivity contribution in [3.05, 3.63) is 0 Å². The van der Waals surface area contributed by atoms with Crippen LogP contribution in [0.15, 0.2) is 0 Å². The Bertz CT molecular complexity index is 52.5. The molecule has 2 radical (unpaired) electrons. The molecule has 0 aromatic rings. The van der Waals surface area contributed by atoms with E-state index in [2.05, 4.69) is 42.1 Å². The van der Waals surface area contributed by atoms with E-state index in [1.54, 1.807) is 0 Å². The first-order valence-electron chi connectivity index (χ1n) is 4.96. The lowest BCUT2D eigenvalue weighted by Crippen LogP contribution is -1.96. The van der Waals surface area contributed by atoms with Crippen LogP contribution < -0.4 is 0 Å². The molecule has 0 rings (SSSR count). The average molecular weight is 168 g/mol. The number of hydrogen-bond donors (Lipinski definition) is 0. The molecular weight excluding hydrogens is 146 g/mol. The van der Waals surface area contributed by atoms with Crippen molar-refractivity contribution < 1.29 is 4.74 Å². The fourth-order valence-corrected chi connectivity index (χ4v) is 0.448. The van der Waals surface area contributed by atoms with E-state index >= 15 is 0 Å². The lowest BCUT2D eigenvalue weighted by molar-refractivity contribution is 0.148. The summed E-state index contributed by atoms with van der Waals surface area (Å²) in [6, 6.07) is 0. The summed E-state index contributed by atoms with van der Waals surface area (Å²) in [6.07, 6.45) is 3.41. The highest BCUT2D eigenvalue weighted by Crippen LogP contribution is 1.83. The van der Waals surface area contributed by atoms with Crippen LogP contribution in [0.4, 0.5) is 0 Å². The molecule has 0 aliphatic rings. The Morgan fingerprint density at radius 2 is 1.58 bits per heavy atom. The van der Waals surface area contributed by atoms with E-state index < -0.39 is 0 Å². The molecule has 12 heavy (non-hydrogen) atoms. The molecule has 0 heterocycles. The third-order valence-corrected chi connectivity index (χ3v) is 1.31. The van der Waals surface area contributed by atoms with E-state index in [4.69, 9.17) is 4.74 Å². The van der Waals surface area contributed by atoms with Crippen molar-refractivity contribution in [2.75, 3.05) is 13.2 Å². The Morgan fingerprint density at radius 3 is 1.92 bits per heavy atom. The Morgan fingerprint density at radius 1 is 1.00 bits per heavy atom. The van der Waals surface area contributed by atoms with Gasteiger partial charge in [0.1, 0.15) is 14.6 Å². The largest absolute Gasteiger partial charge is 0.382 e. The summed E-state index contributed by atoms with van der Waals surface area (Å²) in [5.41, 5.74) is 0. The number of hydrogen-bond acceptors (Lipinski definition) is 1. The Labute approximate surface area is 79.8 Å². The van der Waals surface area contributed by atoms with Gasteiger partial charge in [-0.2, -0.15) is 0 Å². The summed E-state index contributed by atoms with van der Waals surface area (Å²) in [5, 5.41) is 0. The maximum absolute atomic E-state index is 5.19. The molecule has 0 amide bonds. The van der Waals surface area contributed by atoms with Crippen molar-refractivity contribution in [2.24, 2.45) is 0 Å². The number of rotatable bonds is 6. The minimum Gasteiger partial charge on any atom is -0.382 e. The molecule has 0 aromatic heterocycles. The van der Waals surface area contributed by atoms with Gasteiger partial charge < -0.3 is 4.74 Å². The first-order chi connectivity index (χ1) is 5.83. The molecule has 0 N–H and O–H groups in total. The van der Waals surface area contributed by atoms with Crippen molar-refractivity contribution in [2.45, 2.75) is 46.6 Å². The van der Waals surface area contributed by atoms with Gasteiger partial charge in [0.05, 0.1) is 0 Å². The molecule has 0 saturated carbocycles. The van der Waals surface area contributed by atoms with Gasteiger partial charge >= 0.3 is 0 Å². The molecule has 0 saturated heterocycles. The highest BCUT2D eigenvalue weighted by molar-refractivity contribution is 6.33. The van der Waals surface area contributed by atoms with Gasteiger partial charge in [0.2, 0.25) is 0 Å². The second-order valence-electron chi connectivity index (χ2n) is 2.63. The zero-order chi connectivity index (χ0) is 9.66. The first-order valence-corrected chi connectivity index (χ1v) is 4.96. The van der Waals surface area contributed by atoms with Crippen LogP contribution in [-0.2, 0) is 4.74 Å². The molecule has 3 heteroatoms. The standard InChI is InChI=1S/C6H14BO.C3H8B/c1-3-5-8-6-4-7-2;1-3-4-2/h3-6H2,1-2H3;3H2,1-2H3. The van der Waals surface area contributed by atoms with Crippen LogP contribution in [0.25, 0.3) is 0 Å². The predicted octanol–water partition coefficient (Wildman–Crippen LogP) is 2.76. The van der Waals surface area contributed by atoms with Crippen molar-refractivity contribution in [1.82, 2.24) is 0 Å². The lowest BCUT2D eigenvalue weighted by atomic mass is 9.79. The maximum atomic E-state index is 5.19. The summed E-state index contributed by atoms with van der Waals surface area (Å²) in [5.74, 6) is 0. The van der Waals surface area contributed by atoms with Crippen LogP contribution in [0.3, 0.4) is 0 Å². The molecule has 0 atom stereocenters. The maximum Gasteiger partial charge on any atom is 0.108 e. The topological polar surface area (TPSA) is 9.23 Å². The third kappa shape index (κ3) is 22.5. The fraction of sp³-hybridized carbons (Fsp3) is 1.00. The minimum absolute atomic E-state index is 0.893. The second-order valence-corrected chi connectivity index (χ2v) is 2.63. The Hall–Kier alpha value is 0.0899. The molecule has 0 bridgehead atoms. The van der Waals surface area contributed by atoms with Crippen molar-refractivity contribution in [1.29, 1.82) is 0 Å². The summed E-state index contributed by atoms with van der Waals surface area (Å²) in [6.45, 7) is 10.2. The van der Waals surface area contributed by atoms with Crippen molar-refractivity contribution in [3.63, 3.8) is 0 Å². The van der Waals surface area contributed by atoms with Gasteiger partial charge in [0, 0.05) is 13.2 Å². The molecule has 1 nitrogen and oxygen atoms in total. The van der Waals surface area contributed by atoms with Crippen molar-refractivity contribution >= 4 is 14.6 Å². The zero-order valence-electron chi connectivity index (χ0n) is 9.10. The van der Waals surface area contributed by atoms with Gasteiger partial charge in [-0.05, 0) is 6.42 Å². The summed E-state index contributed by atoms with van der Waals surface area (Å²) in [4.78, 5) is 0. The minimum atomic E-state index is 0.893. The van der Waals surface area contributed by atoms with Crippen LogP contribution in [0.5, 0.6) is 0 Å². The number of ether oxygens (including phenoxy) is 1. The van der Waals surface area contributed by atoms with Crippen LogP contribution in [0.1, 0.15) is 20.3 Å². The summed E-state index contributed by atoms with van der Waals surface area (Å²) in [7, 11) is 4.25. The van der Waals surface area contributed by atoms with E-state index in [0.717, 1.165) is 26.0 Å². The fourth-order valence-electron chi connectivity index (χ4n) is 0.448. The summed E-state index contributed by atoms with van der Waals surface area (Å²) < 4.78 is 5.19. The van der Waals surface area contributed by atoms with E-state index in [1.165, 1.54) is 6.32 Å². The average Bonchev–Trinajstić information content (AvgIpc) is 2.13. The van der Waals surface area contributed by atoms with Crippen LogP contribution in [0, 0.1) is 0 Å². The zero-order valence-corrected chi connectivity index (χ0v) is 9.10. The van der Waals surface area contributed by atoms with Gasteiger partial charge in [-0.15, -0.1) is 0 Å². The molecule has 0 aromatic carbocycles. The molecule has 0 spiro atoms. The van der Waals surface area contributed by atoms with Crippen LogP contribution in [0.2, 0.25) is 26.3 Å². The van der Waals surface area contributed by atoms with Gasteiger partial charge in [0.15, 0.2) is 0 Å². The van der Waals surface area contributed by atoms with Gasteiger partial charge in [-0.1, -0.05) is 40.1 Å². The van der Waals surface area contributed by atoms with Gasteiger partial charge in [0.25, 0.3) is 0 Å². The lowest BCUT2D eigenvalue weighted by Gasteiger charge is -1.97. The van der Waals surface area contributed by atoms with E-state index in [-0.39, 0.29) is 0 Å². The highest BCUT2D eigenvalue weighted by atomic mass is 16.5. The van der Waals surface area contributed by atoms with Gasteiger partial charge in [-0.25, -0.2) is 0 Å². The SMILES string of the molecule is C[B]CC.C[B]CCOCCC. The van der Waals surface area contributed by atoms with E-state index in [1.807, 2.05) is 0 Å². The summed E-state index contributed by atoms with van der Waals surface area (Å²) >= 11 is 0. The first kappa shape index (κ1) is 14.6. The molecular formula is C9H22B2O. The molecule has 0 aliphatic carbocycles. The smallest absolute Gasteiger partial charge is 0.108 e. The predicted molar refractivity (Wildman–Crippen MR) is 59.6 cm³/mol. The molecule has 0 aliphatic heterocycles. The van der Waals surface area contributed by atoms with Gasteiger partial charge in [-0.3, -0.25) is 0 Å². The van der Waals surface area contributed by atoms with Crippen LogP contribution in [-0.4, -0.2) is 27.8 Å². The normalized spacial score (nSPS) is 8.33. The van der Waals surface area contributed by atoms with Crippen molar-refractivity contribution in [3.8, 4) is 0 Å². The molecule has 0 fully saturated rings. The van der Waals surface area contributed by atoms with Crippen LogP contribution >= 0.6 is 0 Å². The van der Waals surface area contributed by atoms with E-state index in [9.17, 15) is 0 Å².